The number of hydrogen-bond acceptors (Lipinski definition) is 2. The van der Waals surface area contributed by atoms with E-state index in [0.29, 0.717) is 18.3 Å². The lowest BCUT2D eigenvalue weighted by molar-refractivity contribution is -0.116. The quantitative estimate of drug-likeness (QED) is 0.698. The second kappa shape index (κ2) is 4.56. The Balaban J connectivity index is 2.20. The Morgan fingerprint density at radius 3 is 2.53 bits per heavy atom. The molecule has 0 radical (unpaired) electrons. The molecule has 2 aliphatic rings. The Bertz CT molecular complexity index is 417. The van der Waals surface area contributed by atoms with Crippen LogP contribution in [0, 0.1) is 5.41 Å². The minimum absolute atomic E-state index is 0.115. The van der Waals surface area contributed by atoms with Gasteiger partial charge in [0.2, 0.25) is 0 Å². The molecule has 108 valence electrons. The molecule has 0 aromatic rings. The maximum atomic E-state index is 11.6. The number of carbonyl (C=O) groups is 1. The summed E-state index contributed by atoms with van der Waals surface area (Å²) in [6.45, 7) is 13.8. The van der Waals surface area contributed by atoms with Gasteiger partial charge in [0.05, 0.1) is 6.10 Å². The van der Waals surface area contributed by atoms with Gasteiger partial charge in [0.1, 0.15) is 0 Å². The fraction of sp³-hybridized carbons (Fsp3) is 0.812. The van der Waals surface area contributed by atoms with E-state index in [1.807, 2.05) is 6.08 Å². The molecule has 1 saturated carbocycles. The summed E-state index contributed by atoms with van der Waals surface area (Å²) in [6, 6.07) is 0. The zero-order valence-electron chi connectivity index (χ0n) is 13.3. The molecule has 2 rings (SSSR count). The van der Waals surface area contributed by atoms with Gasteiger partial charge in [0.25, 0.3) is 0 Å². The summed E-state index contributed by atoms with van der Waals surface area (Å²) >= 11 is 0. The molecule has 2 atom stereocenters. The van der Waals surface area contributed by atoms with Gasteiger partial charge in [0.15, 0.2) is 14.1 Å². The molecule has 2 nitrogen and oxygen atoms in total. The molecule has 3 heteroatoms. The molecule has 0 heterocycles. The van der Waals surface area contributed by atoms with Crippen molar-refractivity contribution in [3.8, 4) is 0 Å². The van der Waals surface area contributed by atoms with Crippen LogP contribution in [0.4, 0.5) is 0 Å². The molecular formula is C16H28O2Si. The van der Waals surface area contributed by atoms with Gasteiger partial charge in [0, 0.05) is 11.8 Å². The number of ketones is 1. The summed E-state index contributed by atoms with van der Waals surface area (Å²) in [5, 5.41) is 0.250. The fourth-order valence-corrected chi connectivity index (χ4v) is 4.47. The van der Waals surface area contributed by atoms with Gasteiger partial charge in [-0.3, -0.25) is 4.79 Å². The largest absolute Gasteiger partial charge is 0.413 e. The first-order chi connectivity index (χ1) is 8.56. The second-order valence-electron chi connectivity index (χ2n) is 7.96. The van der Waals surface area contributed by atoms with Crippen molar-refractivity contribution in [2.75, 3.05) is 0 Å². The van der Waals surface area contributed by atoms with Crippen LogP contribution in [0.15, 0.2) is 11.6 Å². The Morgan fingerprint density at radius 2 is 1.95 bits per heavy atom. The van der Waals surface area contributed by atoms with Crippen LogP contribution in [-0.4, -0.2) is 20.2 Å². The van der Waals surface area contributed by atoms with Crippen molar-refractivity contribution in [2.45, 2.75) is 77.6 Å². The van der Waals surface area contributed by atoms with Crippen molar-refractivity contribution in [1.82, 2.24) is 0 Å². The van der Waals surface area contributed by atoms with Crippen LogP contribution in [0.25, 0.3) is 0 Å². The van der Waals surface area contributed by atoms with E-state index >= 15 is 0 Å². The van der Waals surface area contributed by atoms with Gasteiger partial charge < -0.3 is 4.43 Å². The van der Waals surface area contributed by atoms with Gasteiger partial charge in [-0.25, -0.2) is 0 Å². The number of fused-ring (bicyclic) bond motifs is 1. The Labute approximate surface area is 118 Å². The summed E-state index contributed by atoms with van der Waals surface area (Å²) in [4.78, 5) is 11.6. The normalized spacial score (nSPS) is 32.2. The fourth-order valence-electron chi connectivity index (χ4n) is 3.03. The maximum Gasteiger partial charge on any atom is 0.192 e. The molecule has 0 saturated heterocycles. The Hall–Kier alpha value is -0.413. The summed E-state index contributed by atoms with van der Waals surface area (Å²) in [5.74, 6) is 0.306. The monoisotopic (exact) mass is 280 g/mol. The molecule has 0 amide bonds. The van der Waals surface area contributed by atoms with Gasteiger partial charge >= 0.3 is 0 Å². The van der Waals surface area contributed by atoms with E-state index in [0.717, 1.165) is 19.3 Å². The molecule has 0 bridgehead atoms. The average molecular weight is 280 g/mol. The third-order valence-corrected chi connectivity index (χ3v) is 10.1. The Morgan fingerprint density at radius 1 is 1.32 bits per heavy atom. The van der Waals surface area contributed by atoms with E-state index in [2.05, 4.69) is 40.8 Å². The van der Waals surface area contributed by atoms with Gasteiger partial charge in [-0.2, -0.15) is 0 Å². The third kappa shape index (κ3) is 2.59. The van der Waals surface area contributed by atoms with Crippen molar-refractivity contribution in [1.29, 1.82) is 0 Å². The van der Waals surface area contributed by atoms with Gasteiger partial charge in [-0.1, -0.05) is 33.3 Å². The van der Waals surface area contributed by atoms with Crippen LogP contribution in [0.2, 0.25) is 18.1 Å². The molecule has 0 aliphatic heterocycles. The summed E-state index contributed by atoms with van der Waals surface area (Å²) in [5.41, 5.74) is 1.45. The van der Waals surface area contributed by atoms with Gasteiger partial charge in [-0.05, 0) is 43.5 Å². The number of allylic oxidation sites excluding steroid dienone is 1. The molecule has 1 fully saturated rings. The number of hydrogen-bond donors (Lipinski definition) is 0. The highest BCUT2D eigenvalue weighted by atomic mass is 28.4. The zero-order chi connectivity index (χ0) is 14.5. The summed E-state index contributed by atoms with van der Waals surface area (Å²) in [6.07, 6.45) is 6.00. The predicted octanol–water partition coefficient (Wildman–Crippen LogP) is 4.47. The first-order valence-corrected chi connectivity index (χ1v) is 10.4. The average Bonchev–Trinajstić information content (AvgIpc) is 2.55. The van der Waals surface area contributed by atoms with Crippen molar-refractivity contribution >= 4 is 14.1 Å². The van der Waals surface area contributed by atoms with E-state index < -0.39 is 8.32 Å². The van der Waals surface area contributed by atoms with Crippen LogP contribution in [0.1, 0.15) is 53.4 Å². The molecule has 2 aliphatic carbocycles. The highest BCUT2D eigenvalue weighted by Gasteiger charge is 2.49. The molecule has 19 heavy (non-hydrogen) atoms. The summed E-state index contributed by atoms with van der Waals surface area (Å²) in [7, 11) is -1.72. The molecule has 0 N–H and O–H groups in total. The van der Waals surface area contributed by atoms with Crippen LogP contribution < -0.4 is 0 Å². The van der Waals surface area contributed by atoms with E-state index in [1.165, 1.54) is 5.57 Å². The van der Waals surface area contributed by atoms with E-state index in [9.17, 15) is 4.79 Å². The lowest BCUT2D eigenvalue weighted by atomic mass is 9.74. The zero-order valence-corrected chi connectivity index (χ0v) is 14.3. The number of carbonyl (C=O) groups excluding carboxylic acids is 1. The highest BCUT2D eigenvalue weighted by molar-refractivity contribution is 6.74. The first kappa shape index (κ1) is 15.0. The van der Waals surface area contributed by atoms with E-state index in [4.69, 9.17) is 4.43 Å². The van der Waals surface area contributed by atoms with E-state index in [-0.39, 0.29) is 10.5 Å². The van der Waals surface area contributed by atoms with Gasteiger partial charge in [-0.15, -0.1) is 0 Å². The standard InChI is InChI=1S/C16H28O2Si/c1-15(2,3)19(5,6)18-14-8-7-12-11-13(17)9-10-16(12,14)4/h11,14H,7-10H2,1-6H3/t14-,16-/m0/s1. The first-order valence-electron chi connectivity index (χ1n) is 7.48. The van der Waals surface area contributed by atoms with Crippen molar-refractivity contribution in [2.24, 2.45) is 5.41 Å². The smallest absolute Gasteiger partial charge is 0.192 e. The second-order valence-corrected chi connectivity index (χ2v) is 12.7. The molecule has 0 unspecified atom stereocenters. The van der Waals surface area contributed by atoms with Crippen LogP contribution in [0.3, 0.4) is 0 Å². The van der Waals surface area contributed by atoms with Crippen LogP contribution in [-0.2, 0) is 9.22 Å². The van der Waals surface area contributed by atoms with Crippen LogP contribution >= 0.6 is 0 Å². The van der Waals surface area contributed by atoms with Crippen molar-refractivity contribution < 1.29 is 9.22 Å². The topological polar surface area (TPSA) is 26.3 Å². The van der Waals surface area contributed by atoms with E-state index in [1.54, 1.807) is 0 Å². The molecular weight excluding hydrogens is 252 g/mol. The highest BCUT2D eigenvalue weighted by Crippen LogP contribution is 2.52. The lowest BCUT2D eigenvalue weighted by Gasteiger charge is -2.44. The minimum atomic E-state index is -1.72. The minimum Gasteiger partial charge on any atom is -0.413 e. The van der Waals surface area contributed by atoms with Crippen molar-refractivity contribution in [3.63, 3.8) is 0 Å². The number of rotatable bonds is 2. The maximum absolute atomic E-state index is 11.6. The molecule has 0 spiro atoms. The van der Waals surface area contributed by atoms with Crippen molar-refractivity contribution in [3.05, 3.63) is 11.6 Å². The third-order valence-electron chi connectivity index (χ3n) is 5.59. The molecule has 0 aromatic carbocycles. The summed E-state index contributed by atoms with van der Waals surface area (Å²) < 4.78 is 6.66. The predicted molar refractivity (Wildman–Crippen MR) is 81.7 cm³/mol. The lowest BCUT2D eigenvalue weighted by Crippen LogP contribution is -2.47. The Kier molecular flexibility index (Phi) is 3.59. The van der Waals surface area contributed by atoms with Crippen LogP contribution in [0.5, 0.6) is 0 Å². The SMILES string of the molecule is CC(C)(C)[Si](C)(C)O[C@H]1CCC2=CC(=O)CC[C@@]21C. The molecule has 0 aromatic heterocycles.